The Bertz CT molecular complexity index is 374. The molecule has 0 spiro atoms. The predicted molar refractivity (Wildman–Crippen MR) is 83.2 cm³/mol. The molecule has 0 heterocycles. The summed E-state index contributed by atoms with van der Waals surface area (Å²) in [5, 5.41) is 3.93. The highest BCUT2D eigenvalue weighted by atomic mass is 79.9. The molecule has 0 fully saturated rings. The normalized spacial score (nSPS) is 11.0. The Kier molecular flexibility index (Phi) is 8.46. The Labute approximate surface area is 128 Å². The zero-order chi connectivity index (χ0) is 14.1. The fourth-order valence-corrected chi connectivity index (χ4v) is 2.19. The van der Waals surface area contributed by atoms with Crippen LogP contribution < -0.4 is 10.1 Å². The summed E-state index contributed by atoms with van der Waals surface area (Å²) in [6.07, 6.45) is 1.32. The van der Waals surface area contributed by atoms with Gasteiger partial charge in [-0.05, 0) is 45.0 Å². The van der Waals surface area contributed by atoms with Gasteiger partial charge in [0.15, 0.2) is 0 Å². The summed E-state index contributed by atoms with van der Waals surface area (Å²) in [6.45, 7) is 7.22. The lowest BCUT2D eigenvalue weighted by Gasteiger charge is -2.10. The van der Waals surface area contributed by atoms with Crippen molar-refractivity contribution in [3.63, 3.8) is 0 Å². The molecule has 0 saturated heterocycles. The molecule has 0 unspecified atom stereocenters. The third kappa shape index (κ3) is 7.78. The van der Waals surface area contributed by atoms with Gasteiger partial charge in [0, 0.05) is 17.6 Å². The molecule has 1 aromatic carbocycles. The Balaban J connectivity index is 2.04. The van der Waals surface area contributed by atoms with Crippen molar-refractivity contribution in [1.29, 1.82) is 0 Å². The van der Waals surface area contributed by atoms with Gasteiger partial charge in [-0.15, -0.1) is 0 Å². The summed E-state index contributed by atoms with van der Waals surface area (Å²) in [5.41, 5.74) is 0. The first kappa shape index (κ1) is 16.8. The molecule has 0 amide bonds. The van der Waals surface area contributed by atoms with Crippen LogP contribution in [0.25, 0.3) is 0 Å². The van der Waals surface area contributed by atoms with Crippen LogP contribution in [0, 0.1) is 0 Å². The molecule has 0 radical (unpaired) electrons. The van der Waals surface area contributed by atoms with E-state index in [4.69, 9.17) is 21.1 Å². The third-order valence-corrected chi connectivity index (χ3v) is 3.17. The molecule has 0 bridgehead atoms. The van der Waals surface area contributed by atoms with E-state index in [0.717, 1.165) is 36.3 Å². The van der Waals surface area contributed by atoms with Gasteiger partial charge in [0.1, 0.15) is 12.4 Å². The van der Waals surface area contributed by atoms with E-state index < -0.39 is 0 Å². The lowest BCUT2D eigenvalue weighted by molar-refractivity contribution is 0.0770. The maximum Gasteiger partial charge on any atom is 0.138 e. The van der Waals surface area contributed by atoms with Crippen molar-refractivity contribution in [3.8, 4) is 5.75 Å². The molecule has 0 aromatic heterocycles. The zero-order valence-corrected chi connectivity index (χ0v) is 13.8. The summed E-state index contributed by atoms with van der Waals surface area (Å²) in [6, 6.07) is 5.61. The van der Waals surface area contributed by atoms with Crippen LogP contribution in [-0.4, -0.2) is 32.4 Å². The number of nitrogens with one attached hydrogen (secondary N) is 1. The largest absolute Gasteiger partial charge is 0.491 e. The smallest absolute Gasteiger partial charge is 0.138 e. The second kappa shape index (κ2) is 9.59. The molecule has 5 heteroatoms. The van der Waals surface area contributed by atoms with Gasteiger partial charge in [0.05, 0.1) is 11.1 Å². The van der Waals surface area contributed by atoms with Gasteiger partial charge in [0.25, 0.3) is 0 Å². The van der Waals surface area contributed by atoms with E-state index >= 15 is 0 Å². The van der Waals surface area contributed by atoms with Crippen molar-refractivity contribution in [1.82, 2.24) is 5.32 Å². The summed E-state index contributed by atoms with van der Waals surface area (Å²) in [5.74, 6) is 0.717. The molecular weight excluding hydrogens is 330 g/mol. The van der Waals surface area contributed by atoms with Crippen LogP contribution in [0.4, 0.5) is 0 Å². The minimum absolute atomic E-state index is 0.308. The highest BCUT2D eigenvalue weighted by Crippen LogP contribution is 2.27. The lowest BCUT2D eigenvalue weighted by atomic mass is 10.3. The molecule has 1 rings (SSSR count). The molecular formula is C14H21BrClNO2. The molecule has 3 nitrogen and oxygen atoms in total. The topological polar surface area (TPSA) is 30.5 Å². The van der Waals surface area contributed by atoms with E-state index in [9.17, 15) is 0 Å². The fourth-order valence-electron chi connectivity index (χ4n) is 1.47. The molecule has 0 saturated carbocycles. The number of hydrogen-bond acceptors (Lipinski definition) is 3. The average molecular weight is 351 g/mol. The maximum atomic E-state index is 6.05. The maximum absolute atomic E-state index is 6.05. The molecule has 108 valence electrons. The summed E-state index contributed by atoms with van der Waals surface area (Å²) in [7, 11) is 0. The van der Waals surface area contributed by atoms with Gasteiger partial charge in [-0.2, -0.15) is 0 Å². The first-order valence-corrected chi connectivity index (χ1v) is 7.67. The number of hydrogen-bond donors (Lipinski definition) is 1. The van der Waals surface area contributed by atoms with E-state index in [2.05, 4.69) is 21.2 Å². The first-order valence-electron chi connectivity index (χ1n) is 6.49. The summed E-state index contributed by atoms with van der Waals surface area (Å²) < 4.78 is 12.0. The van der Waals surface area contributed by atoms with E-state index in [1.54, 1.807) is 0 Å². The van der Waals surface area contributed by atoms with Crippen LogP contribution in [0.2, 0.25) is 5.02 Å². The van der Waals surface area contributed by atoms with E-state index in [1.807, 2.05) is 32.0 Å². The quantitative estimate of drug-likeness (QED) is 0.685. The Morgan fingerprint density at radius 3 is 2.74 bits per heavy atom. The highest BCUT2D eigenvalue weighted by molar-refractivity contribution is 9.10. The van der Waals surface area contributed by atoms with Crippen molar-refractivity contribution in [2.24, 2.45) is 0 Å². The first-order chi connectivity index (χ1) is 9.09. The van der Waals surface area contributed by atoms with Crippen LogP contribution in [0.15, 0.2) is 22.7 Å². The van der Waals surface area contributed by atoms with Crippen LogP contribution in [0.5, 0.6) is 5.75 Å². The van der Waals surface area contributed by atoms with Crippen LogP contribution in [0.1, 0.15) is 20.3 Å². The van der Waals surface area contributed by atoms with E-state index in [1.165, 1.54) is 0 Å². The van der Waals surface area contributed by atoms with Crippen LogP contribution >= 0.6 is 27.5 Å². The van der Waals surface area contributed by atoms with Gasteiger partial charge in [0.2, 0.25) is 0 Å². The van der Waals surface area contributed by atoms with Gasteiger partial charge in [-0.1, -0.05) is 27.5 Å². The molecule has 0 aliphatic carbocycles. The van der Waals surface area contributed by atoms with E-state index in [-0.39, 0.29) is 0 Å². The molecule has 19 heavy (non-hydrogen) atoms. The number of benzene rings is 1. The van der Waals surface area contributed by atoms with Crippen molar-refractivity contribution in [3.05, 3.63) is 27.7 Å². The van der Waals surface area contributed by atoms with Crippen LogP contribution in [0.3, 0.4) is 0 Å². The van der Waals surface area contributed by atoms with Gasteiger partial charge in [-0.3, -0.25) is 0 Å². The minimum Gasteiger partial charge on any atom is -0.491 e. The van der Waals surface area contributed by atoms with Gasteiger partial charge < -0.3 is 14.8 Å². The van der Waals surface area contributed by atoms with E-state index in [0.29, 0.717) is 17.7 Å². The molecule has 1 N–H and O–H groups in total. The molecule has 0 aliphatic heterocycles. The standard InChI is InChI=1S/C14H21BrClNO2/c1-11(2)18-8-3-6-17-7-9-19-14-5-4-12(15)10-13(14)16/h4-5,10-11,17H,3,6-9H2,1-2H3. The minimum atomic E-state index is 0.308. The fraction of sp³-hybridized carbons (Fsp3) is 0.571. The zero-order valence-electron chi connectivity index (χ0n) is 11.4. The molecule has 1 aromatic rings. The Morgan fingerprint density at radius 1 is 1.26 bits per heavy atom. The predicted octanol–water partition coefficient (Wildman–Crippen LogP) is 3.89. The second-order valence-corrected chi connectivity index (χ2v) is 5.77. The number of halogens is 2. The van der Waals surface area contributed by atoms with Gasteiger partial charge >= 0.3 is 0 Å². The average Bonchev–Trinajstić information content (AvgIpc) is 2.34. The van der Waals surface area contributed by atoms with Crippen molar-refractivity contribution in [2.45, 2.75) is 26.4 Å². The number of rotatable bonds is 9. The van der Waals surface area contributed by atoms with Gasteiger partial charge in [-0.25, -0.2) is 0 Å². The molecule has 0 atom stereocenters. The third-order valence-electron chi connectivity index (χ3n) is 2.38. The SMILES string of the molecule is CC(C)OCCCNCCOc1ccc(Br)cc1Cl. The summed E-state index contributed by atoms with van der Waals surface area (Å²) >= 11 is 9.41. The molecule has 0 aliphatic rings. The Hall–Kier alpha value is -0.290. The Morgan fingerprint density at radius 2 is 2.05 bits per heavy atom. The van der Waals surface area contributed by atoms with Crippen LogP contribution in [-0.2, 0) is 4.74 Å². The monoisotopic (exact) mass is 349 g/mol. The van der Waals surface area contributed by atoms with Crippen molar-refractivity contribution >= 4 is 27.5 Å². The second-order valence-electron chi connectivity index (χ2n) is 4.45. The number of ether oxygens (including phenoxy) is 2. The highest BCUT2D eigenvalue weighted by Gasteiger charge is 2.01. The van der Waals surface area contributed by atoms with Crippen molar-refractivity contribution < 1.29 is 9.47 Å². The summed E-state index contributed by atoms with van der Waals surface area (Å²) in [4.78, 5) is 0. The lowest BCUT2D eigenvalue weighted by Crippen LogP contribution is -2.23. The van der Waals surface area contributed by atoms with Crippen molar-refractivity contribution in [2.75, 3.05) is 26.3 Å².